The fourth-order valence-electron chi connectivity index (χ4n) is 3.44. The van der Waals surface area contributed by atoms with Crippen LogP contribution in [-0.4, -0.2) is 77.2 Å². The fraction of sp³-hybridized carbons (Fsp3) is 0.500. The zero-order valence-corrected chi connectivity index (χ0v) is 17.3. The van der Waals surface area contributed by atoms with Gasteiger partial charge in [0.05, 0.1) is 0 Å². The Morgan fingerprint density at radius 1 is 1.00 bits per heavy atom. The van der Waals surface area contributed by atoms with Crippen LogP contribution in [0.4, 0.5) is 0 Å². The van der Waals surface area contributed by atoms with Crippen LogP contribution in [0.15, 0.2) is 36.4 Å². The van der Waals surface area contributed by atoms with Crippen molar-refractivity contribution in [3.8, 4) is 5.75 Å². The summed E-state index contributed by atoms with van der Waals surface area (Å²) in [6.07, 6.45) is 8.35. The molecular formula is C22H30N2O6. The molecule has 1 aliphatic heterocycles. The minimum absolute atomic E-state index is 0.0934. The van der Waals surface area contributed by atoms with Gasteiger partial charge in [-0.1, -0.05) is 29.8 Å². The van der Waals surface area contributed by atoms with E-state index in [0.29, 0.717) is 0 Å². The summed E-state index contributed by atoms with van der Waals surface area (Å²) in [5.74, 6) is -2.00. The van der Waals surface area contributed by atoms with Crippen LogP contribution in [0.25, 0.3) is 0 Å². The van der Waals surface area contributed by atoms with Crippen molar-refractivity contribution in [1.29, 1.82) is 0 Å². The second-order valence-corrected chi connectivity index (χ2v) is 7.54. The summed E-state index contributed by atoms with van der Waals surface area (Å²) >= 11 is 0. The van der Waals surface area contributed by atoms with Crippen LogP contribution in [0, 0.1) is 12.8 Å². The molecule has 0 spiro atoms. The third kappa shape index (κ3) is 8.24. The zero-order chi connectivity index (χ0) is 21.9. The number of amides is 1. The first-order chi connectivity index (χ1) is 14.3. The second-order valence-electron chi connectivity index (χ2n) is 7.54. The van der Waals surface area contributed by atoms with Gasteiger partial charge in [-0.25, -0.2) is 9.59 Å². The van der Waals surface area contributed by atoms with Crippen LogP contribution in [0.2, 0.25) is 0 Å². The molecule has 3 rings (SSSR count). The normalized spacial score (nSPS) is 18.8. The highest BCUT2D eigenvalue weighted by Crippen LogP contribution is 2.20. The minimum Gasteiger partial charge on any atom is -0.484 e. The van der Waals surface area contributed by atoms with Gasteiger partial charge in [-0.3, -0.25) is 9.69 Å². The molecule has 1 atom stereocenters. The van der Waals surface area contributed by atoms with E-state index in [1.165, 1.54) is 31.4 Å². The van der Waals surface area contributed by atoms with Gasteiger partial charge >= 0.3 is 11.9 Å². The van der Waals surface area contributed by atoms with Gasteiger partial charge < -0.3 is 19.8 Å². The number of hydrogen-bond acceptors (Lipinski definition) is 5. The highest BCUT2D eigenvalue weighted by Gasteiger charge is 2.23. The Balaban J connectivity index is 0.000000469. The molecule has 0 bridgehead atoms. The van der Waals surface area contributed by atoms with E-state index in [-0.39, 0.29) is 12.5 Å². The molecule has 164 valence electrons. The Morgan fingerprint density at radius 3 is 2.17 bits per heavy atom. The average molecular weight is 418 g/mol. The SMILES string of the molecule is Cc1ccc(OCC(=O)N2CCN(CC3CC=CCC3)CC2)cc1.O=C(O)C(=O)O. The van der Waals surface area contributed by atoms with Crippen LogP contribution in [0.3, 0.4) is 0 Å². The van der Waals surface area contributed by atoms with Crippen molar-refractivity contribution in [3.63, 3.8) is 0 Å². The first-order valence-electron chi connectivity index (χ1n) is 10.2. The summed E-state index contributed by atoms with van der Waals surface area (Å²) in [5, 5.41) is 14.8. The molecule has 1 aromatic rings. The molecule has 1 saturated heterocycles. The second kappa shape index (κ2) is 12.0. The Bertz CT molecular complexity index is 726. The monoisotopic (exact) mass is 418 g/mol. The highest BCUT2D eigenvalue weighted by molar-refractivity contribution is 6.27. The Labute approximate surface area is 176 Å². The highest BCUT2D eigenvalue weighted by atomic mass is 16.5. The fourth-order valence-corrected chi connectivity index (χ4v) is 3.44. The number of aryl methyl sites for hydroxylation is 1. The smallest absolute Gasteiger partial charge is 0.414 e. The van der Waals surface area contributed by atoms with E-state index in [0.717, 1.165) is 37.8 Å². The molecular weight excluding hydrogens is 388 g/mol. The summed E-state index contributed by atoms with van der Waals surface area (Å²) < 4.78 is 5.61. The van der Waals surface area contributed by atoms with E-state index in [2.05, 4.69) is 17.1 Å². The molecule has 0 radical (unpaired) electrons. The summed E-state index contributed by atoms with van der Waals surface area (Å²) in [4.78, 5) is 35.0. The van der Waals surface area contributed by atoms with E-state index in [9.17, 15) is 4.79 Å². The Morgan fingerprint density at radius 2 is 1.63 bits per heavy atom. The number of aliphatic carboxylic acids is 2. The van der Waals surface area contributed by atoms with Crippen molar-refractivity contribution >= 4 is 17.8 Å². The number of piperazine rings is 1. The number of carboxylic acid groups (broad SMARTS) is 2. The van der Waals surface area contributed by atoms with Gasteiger partial charge in [0.1, 0.15) is 5.75 Å². The summed E-state index contributed by atoms with van der Waals surface area (Å²) in [5.41, 5.74) is 1.19. The molecule has 8 heteroatoms. The number of hydrogen-bond donors (Lipinski definition) is 2. The summed E-state index contributed by atoms with van der Waals surface area (Å²) in [7, 11) is 0. The Hall–Kier alpha value is -2.87. The molecule has 8 nitrogen and oxygen atoms in total. The molecule has 1 aromatic carbocycles. The van der Waals surface area contributed by atoms with E-state index < -0.39 is 11.9 Å². The van der Waals surface area contributed by atoms with Crippen LogP contribution < -0.4 is 4.74 Å². The van der Waals surface area contributed by atoms with Crippen molar-refractivity contribution in [2.24, 2.45) is 5.92 Å². The van der Waals surface area contributed by atoms with Gasteiger partial charge in [0.2, 0.25) is 0 Å². The number of ether oxygens (including phenoxy) is 1. The molecule has 0 saturated carbocycles. The lowest BCUT2D eigenvalue weighted by Crippen LogP contribution is -2.50. The van der Waals surface area contributed by atoms with Crippen molar-refractivity contribution in [2.45, 2.75) is 26.2 Å². The number of carbonyl (C=O) groups is 3. The first-order valence-corrected chi connectivity index (χ1v) is 10.2. The largest absolute Gasteiger partial charge is 0.484 e. The first kappa shape index (κ1) is 23.4. The number of carboxylic acids is 2. The molecule has 2 aliphatic rings. The maximum absolute atomic E-state index is 12.3. The van der Waals surface area contributed by atoms with Crippen LogP contribution in [-0.2, 0) is 14.4 Å². The average Bonchev–Trinajstić information content (AvgIpc) is 2.75. The molecule has 0 aromatic heterocycles. The molecule has 1 aliphatic carbocycles. The number of allylic oxidation sites excluding steroid dienone is 2. The predicted molar refractivity (Wildman–Crippen MR) is 111 cm³/mol. The third-order valence-corrected chi connectivity index (χ3v) is 5.19. The molecule has 30 heavy (non-hydrogen) atoms. The maximum Gasteiger partial charge on any atom is 0.414 e. The van der Waals surface area contributed by atoms with Crippen molar-refractivity contribution in [3.05, 3.63) is 42.0 Å². The molecule has 2 N–H and O–H groups in total. The molecule has 1 heterocycles. The van der Waals surface area contributed by atoms with Crippen molar-refractivity contribution in [2.75, 3.05) is 39.3 Å². The maximum atomic E-state index is 12.3. The van der Waals surface area contributed by atoms with E-state index in [4.69, 9.17) is 24.5 Å². The van der Waals surface area contributed by atoms with Crippen LogP contribution in [0.1, 0.15) is 24.8 Å². The quantitative estimate of drug-likeness (QED) is 0.556. The zero-order valence-electron chi connectivity index (χ0n) is 17.3. The number of rotatable bonds is 5. The minimum atomic E-state index is -1.82. The van der Waals surface area contributed by atoms with Crippen molar-refractivity contribution < 1.29 is 29.3 Å². The Kier molecular flexibility index (Phi) is 9.34. The number of benzene rings is 1. The predicted octanol–water partition coefficient (Wildman–Crippen LogP) is 2.03. The standard InChI is InChI=1S/C20H28N2O2.C2H2O4/c1-17-7-9-19(10-8-17)24-16-20(23)22-13-11-21(12-14-22)15-18-5-3-2-4-6-18;3-1(4)2(5)6/h2-3,7-10,18H,4-6,11-16H2,1H3;(H,3,4)(H,5,6). The van der Waals surface area contributed by atoms with Crippen molar-refractivity contribution in [1.82, 2.24) is 9.80 Å². The van der Waals surface area contributed by atoms with Gasteiger partial charge in [-0.05, 0) is 44.2 Å². The lowest BCUT2D eigenvalue weighted by molar-refractivity contribution is -0.159. The third-order valence-electron chi connectivity index (χ3n) is 5.19. The molecule has 1 fully saturated rings. The summed E-state index contributed by atoms with van der Waals surface area (Å²) in [6, 6.07) is 7.83. The van der Waals surface area contributed by atoms with Crippen LogP contribution >= 0.6 is 0 Å². The van der Waals surface area contributed by atoms with Gasteiger partial charge in [-0.2, -0.15) is 0 Å². The number of carbonyl (C=O) groups excluding carboxylic acids is 1. The van der Waals surface area contributed by atoms with E-state index >= 15 is 0 Å². The van der Waals surface area contributed by atoms with Gasteiger partial charge in [0.25, 0.3) is 5.91 Å². The van der Waals surface area contributed by atoms with Gasteiger partial charge in [0.15, 0.2) is 6.61 Å². The van der Waals surface area contributed by atoms with Crippen LogP contribution in [0.5, 0.6) is 5.75 Å². The molecule has 1 unspecified atom stereocenters. The topological polar surface area (TPSA) is 107 Å². The molecule has 1 amide bonds. The van der Waals surface area contributed by atoms with E-state index in [1.54, 1.807) is 0 Å². The van der Waals surface area contributed by atoms with Gasteiger partial charge in [-0.15, -0.1) is 0 Å². The lowest BCUT2D eigenvalue weighted by Gasteiger charge is -2.36. The van der Waals surface area contributed by atoms with Gasteiger partial charge in [0, 0.05) is 32.7 Å². The lowest BCUT2D eigenvalue weighted by atomic mass is 9.94. The van der Waals surface area contributed by atoms with E-state index in [1.807, 2.05) is 36.1 Å². The summed E-state index contributed by atoms with van der Waals surface area (Å²) in [6.45, 7) is 6.95. The number of nitrogens with zero attached hydrogens (tertiary/aromatic N) is 2.